The van der Waals surface area contributed by atoms with E-state index in [0.717, 1.165) is 11.1 Å². The molecule has 0 aliphatic rings. The van der Waals surface area contributed by atoms with Crippen molar-refractivity contribution in [2.24, 2.45) is 0 Å². The van der Waals surface area contributed by atoms with Gasteiger partial charge >= 0.3 is 11.7 Å². The summed E-state index contributed by atoms with van der Waals surface area (Å²) in [5.74, 6) is -0.903. The molecule has 2 aromatic rings. The number of esters is 1. The zero-order chi connectivity index (χ0) is 20.0. The lowest BCUT2D eigenvalue weighted by molar-refractivity contribution is -0.140. The van der Waals surface area contributed by atoms with Gasteiger partial charge in [0.25, 0.3) is 0 Å². The van der Waals surface area contributed by atoms with Crippen LogP contribution in [-0.2, 0) is 19.6 Å². The molecule has 0 saturated carbocycles. The fourth-order valence-electron chi connectivity index (χ4n) is 2.54. The van der Waals surface area contributed by atoms with E-state index in [2.05, 4.69) is 9.51 Å². The van der Waals surface area contributed by atoms with Crippen LogP contribution in [0.2, 0.25) is 0 Å². The molecule has 142 valence electrons. The molecular formula is C19H21N3O4S. The Hall–Kier alpha value is -2.80. The highest BCUT2D eigenvalue weighted by Crippen LogP contribution is 2.22. The molecule has 0 fully saturated rings. The number of carbonyl (C=O) groups excluding carboxylic acids is 1. The lowest BCUT2D eigenvalue weighted by Crippen LogP contribution is -2.39. The van der Waals surface area contributed by atoms with Crippen LogP contribution in [0.1, 0.15) is 29.7 Å². The second-order valence-electron chi connectivity index (χ2n) is 5.93. The topological polar surface area (TPSA) is 109 Å². The number of rotatable bonds is 7. The minimum atomic E-state index is -3.99. The highest BCUT2D eigenvalue weighted by molar-refractivity contribution is 7.89. The van der Waals surface area contributed by atoms with E-state index in [1.807, 2.05) is 6.92 Å². The van der Waals surface area contributed by atoms with Crippen LogP contribution in [0.5, 0.6) is 0 Å². The van der Waals surface area contributed by atoms with Crippen molar-refractivity contribution in [3.05, 3.63) is 70.8 Å². The molecule has 0 aromatic heterocycles. The van der Waals surface area contributed by atoms with Crippen molar-refractivity contribution in [3.63, 3.8) is 0 Å². The summed E-state index contributed by atoms with van der Waals surface area (Å²) in [6.07, 6.45) is 0. The summed E-state index contributed by atoms with van der Waals surface area (Å²) in [6.45, 7) is 5.27. The lowest BCUT2D eigenvalue weighted by atomic mass is 9.98. The molecule has 2 aromatic carbocycles. The molecule has 1 N–H and O–H groups in total. The minimum Gasteiger partial charge on any atom is -0.457 e. The molecule has 27 heavy (non-hydrogen) atoms. The van der Waals surface area contributed by atoms with Crippen LogP contribution in [0.25, 0.3) is 5.53 Å². The van der Waals surface area contributed by atoms with E-state index in [4.69, 9.17) is 4.74 Å². The van der Waals surface area contributed by atoms with Gasteiger partial charge in [0.05, 0.1) is 11.5 Å². The molecule has 0 bridgehead atoms. The van der Waals surface area contributed by atoms with Crippen molar-refractivity contribution in [1.82, 2.24) is 4.72 Å². The number of aryl methyl sites for hydroxylation is 2. The van der Waals surface area contributed by atoms with Gasteiger partial charge in [-0.05, 0) is 44.0 Å². The molecule has 0 radical (unpaired) electrons. The quantitative estimate of drug-likeness (QED) is 0.341. The summed E-state index contributed by atoms with van der Waals surface area (Å²) < 4.78 is 33.0. The van der Waals surface area contributed by atoms with Crippen molar-refractivity contribution in [3.8, 4) is 0 Å². The molecule has 2 rings (SSSR count). The van der Waals surface area contributed by atoms with Crippen molar-refractivity contribution in [2.45, 2.75) is 31.7 Å². The van der Waals surface area contributed by atoms with Gasteiger partial charge in [0.15, 0.2) is 6.04 Å². The summed E-state index contributed by atoms with van der Waals surface area (Å²) in [4.78, 5) is 15.3. The average molecular weight is 387 g/mol. The van der Waals surface area contributed by atoms with E-state index in [9.17, 15) is 18.7 Å². The van der Waals surface area contributed by atoms with Crippen LogP contribution in [0.15, 0.2) is 53.4 Å². The second kappa shape index (κ2) is 8.73. The number of sulfonamides is 1. The van der Waals surface area contributed by atoms with Gasteiger partial charge in [-0.15, -0.1) is 0 Å². The highest BCUT2D eigenvalue weighted by Gasteiger charge is 2.38. The van der Waals surface area contributed by atoms with Crippen LogP contribution in [0.4, 0.5) is 0 Å². The zero-order valence-corrected chi connectivity index (χ0v) is 16.2. The van der Waals surface area contributed by atoms with Gasteiger partial charge < -0.3 is 10.3 Å². The number of hydrogen-bond acceptors (Lipinski definition) is 4. The first-order chi connectivity index (χ1) is 12.8. The maximum absolute atomic E-state index is 12.8. The Morgan fingerprint density at radius 3 is 2.33 bits per heavy atom. The number of benzene rings is 2. The van der Waals surface area contributed by atoms with Crippen LogP contribution < -0.4 is 4.72 Å². The van der Waals surface area contributed by atoms with Gasteiger partial charge in [0.1, 0.15) is 0 Å². The fourth-order valence-corrected chi connectivity index (χ4v) is 3.72. The Morgan fingerprint density at radius 1 is 1.15 bits per heavy atom. The van der Waals surface area contributed by atoms with Gasteiger partial charge in [-0.3, -0.25) is 0 Å². The standard InChI is InChI=1S/C19H21N3O4S/c1-4-26-19(23)18(21-20)17(16-8-6-5-7-14(16)3)22-27(24,25)15-11-9-13(2)10-12-15/h5-12,17,22H,4H2,1-3H3. The van der Waals surface area contributed by atoms with Gasteiger partial charge in [0, 0.05) is 0 Å². The zero-order valence-electron chi connectivity index (χ0n) is 15.3. The Labute approximate surface area is 158 Å². The molecule has 0 heterocycles. The number of nitrogens with one attached hydrogen (secondary N) is 1. The van der Waals surface area contributed by atoms with Crippen LogP contribution in [-0.4, -0.2) is 31.5 Å². The molecule has 0 aliphatic heterocycles. The predicted molar refractivity (Wildman–Crippen MR) is 101 cm³/mol. The lowest BCUT2D eigenvalue weighted by Gasteiger charge is -2.17. The van der Waals surface area contributed by atoms with Gasteiger partial charge in [0.2, 0.25) is 10.0 Å². The summed E-state index contributed by atoms with van der Waals surface area (Å²) in [7, 11) is -3.99. The third-order valence-corrected chi connectivity index (χ3v) is 5.41. The highest BCUT2D eigenvalue weighted by atomic mass is 32.2. The average Bonchev–Trinajstić information content (AvgIpc) is 2.62. The molecule has 0 amide bonds. The summed E-state index contributed by atoms with van der Waals surface area (Å²) in [6, 6.07) is 12.0. The Morgan fingerprint density at radius 2 is 1.78 bits per heavy atom. The predicted octanol–water partition coefficient (Wildman–Crippen LogP) is 2.56. The maximum Gasteiger partial charge on any atom is 0.419 e. The number of hydrogen-bond donors (Lipinski definition) is 1. The van der Waals surface area contributed by atoms with Crippen LogP contribution in [0, 0.1) is 13.8 Å². The van der Waals surface area contributed by atoms with E-state index in [1.165, 1.54) is 12.1 Å². The summed E-state index contributed by atoms with van der Waals surface area (Å²) in [5, 5.41) is 0. The van der Waals surface area contributed by atoms with Crippen molar-refractivity contribution in [1.29, 1.82) is 0 Å². The normalized spacial score (nSPS) is 12.1. The second-order valence-corrected chi connectivity index (χ2v) is 7.64. The first-order valence-corrected chi connectivity index (χ1v) is 9.82. The smallest absolute Gasteiger partial charge is 0.419 e. The fraction of sp³-hybridized carbons (Fsp3) is 0.263. The van der Waals surface area contributed by atoms with Crippen LogP contribution in [0.3, 0.4) is 0 Å². The third-order valence-electron chi connectivity index (χ3n) is 3.97. The van der Waals surface area contributed by atoms with Crippen molar-refractivity contribution < 1.29 is 22.7 Å². The minimum absolute atomic E-state index is 0.0350. The SMILES string of the molecule is CCOC(=O)C(=[N+]=[N-])C(NS(=O)(=O)c1ccc(C)cc1)c1ccccc1C. The summed E-state index contributed by atoms with van der Waals surface area (Å²) >= 11 is 0. The number of ether oxygens (including phenoxy) is 1. The van der Waals surface area contributed by atoms with E-state index in [1.54, 1.807) is 50.2 Å². The Kier molecular flexibility index (Phi) is 6.63. The maximum atomic E-state index is 12.8. The molecule has 0 spiro atoms. The Bertz CT molecular complexity index is 978. The number of carbonyl (C=O) groups is 1. The Balaban J connectivity index is 2.53. The molecule has 1 unspecified atom stereocenters. The van der Waals surface area contributed by atoms with Crippen molar-refractivity contribution in [2.75, 3.05) is 6.61 Å². The first-order valence-electron chi connectivity index (χ1n) is 8.33. The molecule has 1 atom stereocenters. The molecular weight excluding hydrogens is 366 g/mol. The molecule has 0 aliphatic carbocycles. The van der Waals surface area contributed by atoms with E-state index < -0.39 is 27.7 Å². The van der Waals surface area contributed by atoms with Crippen LogP contribution >= 0.6 is 0 Å². The van der Waals surface area contributed by atoms with E-state index in [0.29, 0.717) is 5.56 Å². The van der Waals surface area contributed by atoms with E-state index >= 15 is 0 Å². The molecule has 0 saturated heterocycles. The monoisotopic (exact) mass is 387 g/mol. The summed E-state index contributed by atoms with van der Waals surface area (Å²) in [5.41, 5.74) is 11.1. The van der Waals surface area contributed by atoms with E-state index in [-0.39, 0.29) is 11.5 Å². The third kappa shape index (κ3) is 4.89. The van der Waals surface area contributed by atoms with Gasteiger partial charge in [-0.2, -0.15) is 9.51 Å². The van der Waals surface area contributed by atoms with Gasteiger partial charge in [-0.1, -0.05) is 42.0 Å². The van der Waals surface area contributed by atoms with Crippen molar-refractivity contribution >= 4 is 21.7 Å². The first kappa shape index (κ1) is 20.5. The largest absolute Gasteiger partial charge is 0.457 e. The van der Waals surface area contributed by atoms with Gasteiger partial charge in [-0.25, -0.2) is 13.2 Å². The molecule has 8 heteroatoms. The number of nitrogens with zero attached hydrogens (tertiary/aromatic N) is 2. The molecule has 7 nitrogen and oxygen atoms in total.